The van der Waals surface area contributed by atoms with E-state index in [1.807, 2.05) is 72.2 Å². The van der Waals surface area contributed by atoms with Crippen molar-refractivity contribution in [3.8, 4) is 11.5 Å². The van der Waals surface area contributed by atoms with Gasteiger partial charge in [0.1, 0.15) is 12.3 Å². The van der Waals surface area contributed by atoms with Crippen molar-refractivity contribution in [3.05, 3.63) is 84.8 Å². The topological polar surface area (TPSA) is 64.9 Å². The number of thioether (sulfide) groups is 1. The minimum absolute atomic E-state index is 0.0784. The highest BCUT2D eigenvalue weighted by Gasteiger charge is 2.16. The first kappa shape index (κ1) is 20.8. The Bertz CT molecular complexity index is 1140. The number of hydrogen-bond acceptors (Lipinski definition) is 5. The first-order chi connectivity index (χ1) is 15.1. The second-order valence-corrected chi connectivity index (χ2v) is 8.33. The summed E-state index contributed by atoms with van der Waals surface area (Å²) >= 11 is 1.51. The van der Waals surface area contributed by atoms with Crippen molar-refractivity contribution in [1.82, 2.24) is 9.38 Å². The Kier molecular flexibility index (Phi) is 6.43. The highest BCUT2D eigenvalue weighted by molar-refractivity contribution is 8.00. The van der Waals surface area contributed by atoms with Gasteiger partial charge in [-0.05, 0) is 43.3 Å². The van der Waals surface area contributed by atoms with Crippen molar-refractivity contribution in [2.24, 2.45) is 0 Å². The fraction of sp³-hybridized carbons (Fsp3) is 0.167. The van der Waals surface area contributed by atoms with Crippen LogP contribution in [0.3, 0.4) is 0 Å². The standard InChI is InChI=1S/C24H23N3O3S/c1-17(31-20-8-4-3-5-9-20)24(28)26-18-11-12-21(29-2)22(14-18)30-16-19-15-27-13-7-6-10-23(27)25-19/h3-15,17H,16H2,1-2H3,(H,26,28). The molecule has 31 heavy (non-hydrogen) atoms. The normalized spacial score (nSPS) is 11.8. The number of pyridine rings is 1. The number of nitrogens with zero attached hydrogens (tertiary/aromatic N) is 2. The molecule has 158 valence electrons. The average molecular weight is 434 g/mol. The van der Waals surface area contributed by atoms with Crippen molar-refractivity contribution >= 4 is 29.0 Å². The number of hydrogen-bond donors (Lipinski definition) is 1. The van der Waals surface area contributed by atoms with E-state index in [1.54, 1.807) is 25.3 Å². The van der Waals surface area contributed by atoms with Gasteiger partial charge in [-0.1, -0.05) is 24.3 Å². The van der Waals surface area contributed by atoms with Crippen molar-refractivity contribution in [2.75, 3.05) is 12.4 Å². The largest absolute Gasteiger partial charge is 0.493 e. The molecule has 1 amide bonds. The minimum atomic E-state index is -0.244. The van der Waals surface area contributed by atoms with Crippen molar-refractivity contribution < 1.29 is 14.3 Å². The molecule has 7 heteroatoms. The molecular weight excluding hydrogens is 410 g/mol. The van der Waals surface area contributed by atoms with Crippen LogP contribution in [0.4, 0.5) is 5.69 Å². The van der Waals surface area contributed by atoms with E-state index in [-0.39, 0.29) is 17.8 Å². The summed E-state index contributed by atoms with van der Waals surface area (Å²) in [6.45, 7) is 2.17. The number of fused-ring (bicyclic) bond motifs is 1. The smallest absolute Gasteiger partial charge is 0.237 e. The molecule has 0 radical (unpaired) electrons. The third-order valence-electron chi connectivity index (χ3n) is 4.65. The van der Waals surface area contributed by atoms with Gasteiger partial charge >= 0.3 is 0 Å². The molecule has 1 N–H and O–H groups in total. The molecule has 0 bridgehead atoms. The molecule has 2 heterocycles. The van der Waals surface area contributed by atoms with Gasteiger partial charge in [0.05, 0.1) is 18.1 Å². The zero-order valence-corrected chi connectivity index (χ0v) is 18.1. The summed E-state index contributed by atoms with van der Waals surface area (Å²) < 4.78 is 13.3. The van der Waals surface area contributed by atoms with Gasteiger partial charge in [0, 0.05) is 29.0 Å². The monoisotopic (exact) mass is 433 g/mol. The quantitative estimate of drug-likeness (QED) is 0.394. The lowest BCUT2D eigenvalue weighted by molar-refractivity contribution is -0.115. The van der Waals surface area contributed by atoms with Gasteiger partial charge in [-0.3, -0.25) is 4.79 Å². The molecule has 2 aromatic heterocycles. The second-order valence-electron chi connectivity index (χ2n) is 6.92. The Labute approximate surface area is 185 Å². The van der Waals surface area contributed by atoms with Gasteiger partial charge in [-0.2, -0.15) is 0 Å². The molecule has 0 saturated heterocycles. The number of methoxy groups -OCH3 is 1. The maximum absolute atomic E-state index is 12.6. The first-order valence-electron chi connectivity index (χ1n) is 9.88. The van der Waals surface area contributed by atoms with E-state index < -0.39 is 0 Å². The van der Waals surface area contributed by atoms with Crippen molar-refractivity contribution in [1.29, 1.82) is 0 Å². The van der Waals surface area contributed by atoms with Crippen LogP contribution in [-0.2, 0) is 11.4 Å². The molecule has 0 aliphatic carbocycles. The average Bonchev–Trinajstić information content (AvgIpc) is 3.21. The Morgan fingerprint density at radius 3 is 2.68 bits per heavy atom. The maximum Gasteiger partial charge on any atom is 0.237 e. The van der Waals surface area contributed by atoms with Gasteiger partial charge in [0.2, 0.25) is 5.91 Å². The molecule has 4 rings (SSSR count). The Balaban J connectivity index is 1.43. The van der Waals surface area contributed by atoms with Crippen molar-refractivity contribution in [2.45, 2.75) is 23.7 Å². The van der Waals surface area contributed by atoms with Gasteiger partial charge < -0.3 is 19.2 Å². The lowest BCUT2D eigenvalue weighted by Gasteiger charge is -2.14. The van der Waals surface area contributed by atoms with Crippen LogP contribution >= 0.6 is 11.8 Å². The van der Waals surface area contributed by atoms with Crippen LogP contribution < -0.4 is 14.8 Å². The number of anilines is 1. The highest BCUT2D eigenvalue weighted by Crippen LogP contribution is 2.31. The Morgan fingerprint density at radius 2 is 1.90 bits per heavy atom. The van der Waals surface area contributed by atoms with E-state index in [0.29, 0.717) is 17.2 Å². The van der Waals surface area contributed by atoms with E-state index in [4.69, 9.17) is 9.47 Å². The van der Waals surface area contributed by atoms with Crippen LogP contribution in [-0.4, -0.2) is 27.7 Å². The van der Waals surface area contributed by atoms with Crippen LogP contribution in [0.5, 0.6) is 11.5 Å². The molecule has 4 aromatic rings. The third-order valence-corrected chi connectivity index (χ3v) is 5.76. The summed E-state index contributed by atoms with van der Waals surface area (Å²) in [5, 5.41) is 2.71. The fourth-order valence-electron chi connectivity index (χ4n) is 3.08. The molecule has 0 spiro atoms. The number of carbonyl (C=O) groups is 1. The first-order valence-corrected chi connectivity index (χ1v) is 10.8. The molecular formula is C24H23N3O3S. The Hall–Kier alpha value is -3.45. The lowest BCUT2D eigenvalue weighted by atomic mass is 10.2. The van der Waals surface area contributed by atoms with Gasteiger partial charge in [-0.25, -0.2) is 4.98 Å². The highest BCUT2D eigenvalue weighted by atomic mass is 32.2. The van der Waals surface area contributed by atoms with Crippen LogP contribution in [0.25, 0.3) is 5.65 Å². The van der Waals surface area contributed by atoms with Crippen LogP contribution in [0.15, 0.2) is 84.0 Å². The molecule has 1 unspecified atom stereocenters. The van der Waals surface area contributed by atoms with Crippen LogP contribution in [0.1, 0.15) is 12.6 Å². The van der Waals surface area contributed by atoms with E-state index in [9.17, 15) is 4.79 Å². The number of carbonyl (C=O) groups excluding carboxylic acids is 1. The maximum atomic E-state index is 12.6. The van der Waals surface area contributed by atoms with Crippen LogP contribution in [0.2, 0.25) is 0 Å². The van der Waals surface area contributed by atoms with E-state index in [2.05, 4.69) is 10.3 Å². The number of rotatable bonds is 8. The predicted octanol–water partition coefficient (Wildman–Crippen LogP) is 5.04. The van der Waals surface area contributed by atoms with Crippen LogP contribution in [0, 0.1) is 0 Å². The van der Waals surface area contributed by atoms with Crippen molar-refractivity contribution in [3.63, 3.8) is 0 Å². The van der Waals surface area contributed by atoms with E-state index in [0.717, 1.165) is 16.2 Å². The molecule has 0 saturated carbocycles. The van der Waals surface area contributed by atoms with E-state index >= 15 is 0 Å². The number of imidazole rings is 1. The number of aromatic nitrogens is 2. The summed E-state index contributed by atoms with van der Waals surface area (Å²) in [4.78, 5) is 18.2. The number of amides is 1. The molecule has 0 aliphatic rings. The van der Waals surface area contributed by atoms with Gasteiger partial charge in [-0.15, -0.1) is 11.8 Å². The summed E-state index contributed by atoms with van der Waals surface area (Å²) in [7, 11) is 1.59. The third kappa shape index (κ3) is 5.19. The number of benzene rings is 2. The molecule has 2 aromatic carbocycles. The molecule has 1 atom stereocenters. The predicted molar refractivity (Wildman–Crippen MR) is 123 cm³/mol. The number of ether oxygens (including phenoxy) is 2. The van der Waals surface area contributed by atoms with Gasteiger partial charge in [0.25, 0.3) is 0 Å². The second kappa shape index (κ2) is 9.57. The minimum Gasteiger partial charge on any atom is -0.493 e. The fourth-order valence-corrected chi connectivity index (χ4v) is 3.96. The lowest BCUT2D eigenvalue weighted by Crippen LogP contribution is -2.22. The number of nitrogens with one attached hydrogen (secondary N) is 1. The SMILES string of the molecule is COc1ccc(NC(=O)C(C)Sc2ccccc2)cc1OCc1cn2ccccc2n1. The molecule has 0 aliphatic heterocycles. The molecule has 6 nitrogen and oxygen atoms in total. The summed E-state index contributed by atoms with van der Waals surface area (Å²) in [6, 6.07) is 21.1. The zero-order valence-electron chi connectivity index (χ0n) is 17.3. The zero-order chi connectivity index (χ0) is 21.6. The summed E-state index contributed by atoms with van der Waals surface area (Å²) in [5.41, 5.74) is 2.31. The molecule has 0 fully saturated rings. The van der Waals surface area contributed by atoms with E-state index in [1.165, 1.54) is 11.8 Å². The summed E-state index contributed by atoms with van der Waals surface area (Å²) in [6.07, 6.45) is 3.87. The van der Waals surface area contributed by atoms with Gasteiger partial charge in [0.15, 0.2) is 11.5 Å². The summed E-state index contributed by atoms with van der Waals surface area (Å²) in [5.74, 6) is 1.06. The Morgan fingerprint density at radius 1 is 1.10 bits per heavy atom.